The normalized spacial score (nSPS) is 12.7. The Bertz CT molecular complexity index is 104. The fourth-order valence-electron chi connectivity index (χ4n) is 0.474. The lowest BCUT2D eigenvalue weighted by atomic mass is 10.3. The molecule has 3 nitrogen and oxygen atoms in total. The molecule has 0 unspecified atom stereocenters. The number of methoxy groups -OCH3 is 1. The first kappa shape index (κ1) is 9.43. The summed E-state index contributed by atoms with van der Waals surface area (Å²) in [7, 11) is 1.39. The lowest BCUT2D eigenvalue weighted by Crippen LogP contribution is -2.31. The number of carbonyl (C=O) groups is 1. The van der Waals surface area contributed by atoms with Crippen LogP contribution in [0.5, 0.6) is 0 Å². The number of nitrogens with one attached hydrogen (secondary N) is 1. The molecule has 0 aromatic carbocycles. The molecule has 0 spiro atoms. The maximum Gasteiger partial charge on any atom is 0.319 e. The van der Waals surface area contributed by atoms with Gasteiger partial charge >= 0.3 is 5.97 Å². The third-order valence-corrected chi connectivity index (χ3v) is 1.43. The van der Waals surface area contributed by atoms with Gasteiger partial charge < -0.3 is 10.1 Å². The van der Waals surface area contributed by atoms with Gasteiger partial charge in [0.15, 0.2) is 0 Å². The predicted molar refractivity (Wildman–Crippen MR) is 39.8 cm³/mol. The van der Waals surface area contributed by atoms with Gasteiger partial charge in [0.1, 0.15) is 0 Å². The van der Waals surface area contributed by atoms with E-state index in [1.165, 1.54) is 7.11 Å². The summed E-state index contributed by atoms with van der Waals surface area (Å²) in [4.78, 5) is 10.5. The SMILES string of the molecule is CC[C@@H](C)NCC(=O)OC. The van der Waals surface area contributed by atoms with Crippen LogP contribution < -0.4 is 5.32 Å². The van der Waals surface area contributed by atoms with Crippen molar-refractivity contribution in [1.29, 1.82) is 0 Å². The lowest BCUT2D eigenvalue weighted by Gasteiger charge is -2.08. The molecule has 0 heterocycles. The van der Waals surface area contributed by atoms with Crippen molar-refractivity contribution in [3.8, 4) is 0 Å². The summed E-state index contributed by atoms with van der Waals surface area (Å²) in [6, 6.07) is 0.388. The summed E-state index contributed by atoms with van der Waals surface area (Å²) in [6.07, 6.45) is 1.02. The summed E-state index contributed by atoms with van der Waals surface area (Å²) < 4.78 is 4.44. The minimum absolute atomic E-state index is 0.208. The van der Waals surface area contributed by atoms with Crippen LogP contribution in [0.15, 0.2) is 0 Å². The largest absolute Gasteiger partial charge is 0.468 e. The topological polar surface area (TPSA) is 38.3 Å². The van der Waals surface area contributed by atoms with Crippen LogP contribution in [-0.2, 0) is 9.53 Å². The highest BCUT2D eigenvalue weighted by Gasteiger charge is 2.01. The van der Waals surface area contributed by atoms with Gasteiger partial charge in [0.05, 0.1) is 13.7 Å². The maximum absolute atomic E-state index is 10.5. The van der Waals surface area contributed by atoms with Crippen LogP contribution in [0.1, 0.15) is 20.3 Å². The molecule has 0 aliphatic rings. The molecular weight excluding hydrogens is 130 g/mol. The number of hydrogen-bond donors (Lipinski definition) is 1. The van der Waals surface area contributed by atoms with Gasteiger partial charge in [-0.05, 0) is 13.3 Å². The molecule has 0 bridgehead atoms. The highest BCUT2D eigenvalue weighted by molar-refractivity contribution is 5.71. The van der Waals surface area contributed by atoms with E-state index >= 15 is 0 Å². The fraction of sp³-hybridized carbons (Fsp3) is 0.857. The van der Waals surface area contributed by atoms with Gasteiger partial charge in [0, 0.05) is 6.04 Å². The van der Waals surface area contributed by atoms with Gasteiger partial charge in [-0.15, -0.1) is 0 Å². The minimum Gasteiger partial charge on any atom is -0.468 e. The van der Waals surface area contributed by atoms with Gasteiger partial charge in [0.25, 0.3) is 0 Å². The molecule has 0 aromatic rings. The first-order valence-corrected chi connectivity index (χ1v) is 3.50. The molecule has 0 rings (SSSR count). The van der Waals surface area contributed by atoms with Gasteiger partial charge in [-0.25, -0.2) is 0 Å². The molecule has 0 aliphatic heterocycles. The molecule has 0 fully saturated rings. The Kier molecular flexibility index (Phi) is 4.94. The van der Waals surface area contributed by atoms with Crippen LogP contribution in [-0.4, -0.2) is 25.7 Å². The van der Waals surface area contributed by atoms with E-state index in [1.54, 1.807) is 0 Å². The highest BCUT2D eigenvalue weighted by atomic mass is 16.5. The highest BCUT2D eigenvalue weighted by Crippen LogP contribution is 1.86. The summed E-state index contributed by atoms with van der Waals surface area (Å²) in [5, 5.41) is 3.01. The van der Waals surface area contributed by atoms with Crippen LogP contribution in [0.3, 0.4) is 0 Å². The van der Waals surface area contributed by atoms with Crippen LogP contribution in [0.25, 0.3) is 0 Å². The first-order chi connectivity index (χ1) is 4.70. The molecule has 3 heteroatoms. The average Bonchev–Trinajstić information content (AvgIpc) is 1.99. The predicted octanol–water partition coefficient (Wildman–Crippen LogP) is 0.547. The second-order valence-electron chi connectivity index (χ2n) is 2.27. The Morgan fingerprint density at radius 2 is 2.30 bits per heavy atom. The molecule has 10 heavy (non-hydrogen) atoms. The van der Waals surface area contributed by atoms with Crippen molar-refractivity contribution in [3.05, 3.63) is 0 Å². The van der Waals surface area contributed by atoms with Crippen molar-refractivity contribution in [2.75, 3.05) is 13.7 Å². The lowest BCUT2D eigenvalue weighted by molar-refractivity contribution is -0.139. The van der Waals surface area contributed by atoms with E-state index in [4.69, 9.17) is 0 Å². The van der Waals surface area contributed by atoms with Crippen molar-refractivity contribution in [2.45, 2.75) is 26.3 Å². The summed E-state index contributed by atoms with van der Waals surface area (Å²) in [5.74, 6) is -0.208. The monoisotopic (exact) mass is 145 g/mol. The molecule has 0 aromatic heterocycles. The van der Waals surface area contributed by atoms with E-state index in [2.05, 4.69) is 17.0 Å². The van der Waals surface area contributed by atoms with E-state index in [1.807, 2.05) is 6.92 Å². The smallest absolute Gasteiger partial charge is 0.319 e. The van der Waals surface area contributed by atoms with Crippen LogP contribution >= 0.6 is 0 Å². The van der Waals surface area contributed by atoms with E-state index in [-0.39, 0.29) is 5.97 Å². The zero-order valence-corrected chi connectivity index (χ0v) is 6.81. The van der Waals surface area contributed by atoms with Crippen molar-refractivity contribution in [1.82, 2.24) is 5.32 Å². The van der Waals surface area contributed by atoms with Crippen molar-refractivity contribution in [3.63, 3.8) is 0 Å². The van der Waals surface area contributed by atoms with E-state index in [9.17, 15) is 4.79 Å². The Balaban J connectivity index is 3.26. The van der Waals surface area contributed by atoms with Crippen LogP contribution in [0, 0.1) is 0 Å². The summed E-state index contributed by atoms with van der Waals surface area (Å²) >= 11 is 0. The van der Waals surface area contributed by atoms with Crippen molar-refractivity contribution < 1.29 is 9.53 Å². The summed E-state index contributed by atoms with van der Waals surface area (Å²) in [5.41, 5.74) is 0. The van der Waals surface area contributed by atoms with Gasteiger partial charge in [0.2, 0.25) is 0 Å². The second-order valence-corrected chi connectivity index (χ2v) is 2.27. The number of hydrogen-bond acceptors (Lipinski definition) is 3. The van der Waals surface area contributed by atoms with Gasteiger partial charge in [-0.1, -0.05) is 6.92 Å². The number of carbonyl (C=O) groups excluding carboxylic acids is 1. The van der Waals surface area contributed by atoms with Crippen molar-refractivity contribution >= 4 is 5.97 Å². The number of ether oxygens (including phenoxy) is 1. The molecular formula is C7H15NO2. The molecule has 1 atom stereocenters. The molecule has 1 N–H and O–H groups in total. The van der Waals surface area contributed by atoms with Crippen molar-refractivity contribution in [2.24, 2.45) is 0 Å². The van der Waals surface area contributed by atoms with Gasteiger partial charge in [-0.3, -0.25) is 4.79 Å². The van der Waals surface area contributed by atoms with Gasteiger partial charge in [-0.2, -0.15) is 0 Å². The average molecular weight is 145 g/mol. The molecule has 0 aliphatic carbocycles. The van der Waals surface area contributed by atoms with E-state index < -0.39 is 0 Å². The Morgan fingerprint density at radius 1 is 1.70 bits per heavy atom. The molecule has 0 saturated heterocycles. The minimum atomic E-state index is -0.208. The molecule has 0 radical (unpaired) electrons. The number of rotatable bonds is 4. The molecule has 0 amide bonds. The second kappa shape index (κ2) is 5.23. The third-order valence-electron chi connectivity index (χ3n) is 1.43. The Labute approximate surface area is 61.8 Å². The molecule has 0 saturated carbocycles. The number of esters is 1. The van der Waals surface area contributed by atoms with E-state index in [0.29, 0.717) is 12.6 Å². The Hall–Kier alpha value is -0.570. The van der Waals surface area contributed by atoms with E-state index in [0.717, 1.165) is 6.42 Å². The standard InChI is InChI=1S/C7H15NO2/c1-4-6(2)8-5-7(9)10-3/h6,8H,4-5H2,1-3H3/t6-/m1/s1. The zero-order valence-electron chi connectivity index (χ0n) is 6.81. The third kappa shape index (κ3) is 4.32. The maximum atomic E-state index is 10.5. The van der Waals surface area contributed by atoms with Crippen LogP contribution in [0.4, 0.5) is 0 Å². The van der Waals surface area contributed by atoms with Crippen LogP contribution in [0.2, 0.25) is 0 Å². The quantitative estimate of drug-likeness (QED) is 0.587. The fourth-order valence-corrected chi connectivity index (χ4v) is 0.474. The first-order valence-electron chi connectivity index (χ1n) is 3.50. The summed E-state index contributed by atoms with van der Waals surface area (Å²) in [6.45, 7) is 4.41. The Morgan fingerprint density at radius 3 is 2.70 bits per heavy atom. The molecule has 60 valence electrons. The zero-order chi connectivity index (χ0) is 7.98.